The summed E-state index contributed by atoms with van der Waals surface area (Å²) >= 11 is 6.06. The summed E-state index contributed by atoms with van der Waals surface area (Å²) in [6.45, 7) is 0. The molecule has 0 aliphatic rings. The number of amides is 1. The molecule has 0 aromatic heterocycles. The van der Waals surface area contributed by atoms with Crippen LogP contribution in [0.5, 0.6) is 0 Å². The third kappa shape index (κ3) is 1.67. The summed E-state index contributed by atoms with van der Waals surface area (Å²) in [5, 5.41) is 0. The lowest BCUT2D eigenvalue weighted by atomic mass is 10.2. The van der Waals surface area contributed by atoms with Crippen molar-refractivity contribution in [3.8, 4) is 0 Å². The lowest BCUT2D eigenvalue weighted by molar-refractivity contribution is 0.0996. The quantitative estimate of drug-likeness (QED) is 0.795. The second-order valence-electron chi connectivity index (χ2n) is 2.09. The van der Waals surface area contributed by atoms with Crippen LogP contribution in [0.4, 0.5) is 4.39 Å². The molecule has 0 aliphatic heterocycles. The van der Waals surface area contributed by atoms with Gasteiger partial charge >= 0.3 is 0 Å². The summed E-state index contributed by atoms with van der Waals surface area (Å²) < 4.78 is 13.9. The Hall–Kier alpha value is -0.420. The molecule has 1 amide bonds. The zero-order valence-corrected chi connectivity index (χ0v) is 8.95. The SMILES string of the molecule is NC(=O)c1ccc(Br)c(Br)c1F. The van der Waals surface area contributed by atoms with E-state index < -0.39 is 11.7 Å². The van der Waals surface area contributed by atoms with Crippen LogP contribution in [0.25, 0.3) is 0 Å². The number of hydrogen-bond donors (Lipinski definition) is 1. The highest BCUT2D eigenvalue weighted by molar-refractivity contribution is 9.13. The topological polar surface area (TPSA) is 43.1 Å². The molecule has 0 fully saturated rings. The van der Waals surface area contributed by atoms with Crippen molar-refractivity contribution in [2.24, 2.45) is 5.73 Å². The van der Waals surface area contributed by atoms with Gasteiger partial charge in [-0.3, -0.25) is 4.79 Å². The van der Waals surface area contributed by atoms with E-state index in [9.17, 15) is 9.18 Å². The Bertz CT molecular complexity index is 340. The average molecular weight is 297 g/mol. The molecule has 0 atom stereocenters. The first-order valence-corrected chi connectivity index (χ1v) is 4.56. The maximum absolute atomic E-state index is 13.1. The molecule has 0 radical (unpaired) electrons. The Labute approximate surface area is 85.2 Å². The lowest BCUT2D eigenvalue weighted by Gasteiger charge is -2.01. The largest absolute Gasteiger partial charge is 0.366 e. The van der Waals surface area contributed by atoms with E-state index in [4.69, 9.17) is 5.73 Å². The summed E-state index contributed by atoms with van der Waals surface area (Å²) in [4.78, 5) is 10.6. The van der Waals surface area contributed by atoms with Crippen LogP contribution in [0.15, 0.2) is 21.1 Å². The van der Waals surface area contributed by atoms with Gasteiger partial charge in [-0.25, -0.2) is 4.39 Å². The number of primary amides is 1. The predicted molar refractivity (Wildman–Crippen MR) is 50.3 cm³/mol. The van der Waals surface area contributed by atoms with Crippen LogP contribution in [0.3, 0.4) is 0 Å². The molecule has 2 N–H and O–H groups in total. The summed E-state index contributed by atoms with van der Waals surface area (Å²) in [6, 6.07) is 2.87. The van der Waals surface area contributed by atoms with Crippen molar-refractivity contribution in [3.63, 3.8) is 0 Å². The van der Waals surface area contributed by atoms with Gasteiger partial charge in [-0.15, -0.1) is 0 Å². The molecule has 0 heterocycles. The Kier molecular flexibility index (Phi) is 2.85. The molecule has 64 valence electrons. The molecule has 0 spiro atoms. The highest BCUT2D eigenvalue weighted by Crippen LogP contribution is 2.27. The minimum atomic E-state index is -0.777. The number of halogens is 3. The molecule has 1 aromatic rings. The van der Waals surface area contributed by atoms with Crippen LogP contribution in [0, 0.1) is 5.82 Å². The Morgan fingerprint density at radius 3 is 2.50 bits per heavy atom. The number of hydrogen-bond acceptors (Lipinski definition) is 1. The van der Waals surface area contributed by atoms with E-state index in [0.717, 1.165) is 0 Å². The zero-order valence-electron chi connectivity index (χ0n) is 5.77. The summed E-state index contributed by atoms with van der Waals surface area (Å²) in [5.41, 5.74) is 4.80. The number of nitrogens with two attached hydrogens (primary N) is 1. The highest BCUT2D eigenvalue weighted by Gasteiger charge is 2.12. The van der Waals surface area contributed by atoms with Crippen molar-refractivity contribution in [2.45, 2.75) is 0 Å². The Morgan fingerprint density at radius 1 is 1.42 bits per heavy atom. The molecule has 1 aromatic carbocycles. The van der Waals surface area contributed by atoms with Crippen LogP contribution in [0.2, 0.25) is 0 Å². The molecular weight excluding hydrogens is 293 g/mol. The van der Waals surface area contributed by atoms with Gasteiger partial charge in [0.1, 0.15) is 0 Å². The van der Waals surface area contributed by atoms with Crippen molar-refractivity contribution in [3.05, 3.63) is 32.5 Å². The van der Waals surface area contributed by atoms with Crippen LogP contribution >= 0.6 is 31.9 Å². The molecule has 12 heavy (non-hydrogen) atoms. The molecule has 0 saturated heterocycles. The summed E-state index contributed by atoms with van der Waals surface area (Å²) in [5.74, 6) is -1.42. The van der Waals surface area contributed by atoms with E-state index in [1.165, 1.54) is 6.07 Å². The predicted octanol–water partition coefficient (Wildman–Crippen LogP) is 2.45. The first kappa shape index (κ1) is 9.67. The fraction of sp³-hybridized carbons (Fsp3) is 0. The third-order valence-electron chi connectivity index (χ3n) is 1.30. The van der Waals surface area contributed by atoms with E-state index in [1.807, 2.05) is 0 Å². The van der Waals surface area contributed by atoms with Crippen molar-refractivity contribution >= 4 is 37.8 Å². The van der Waals surface area contributed by atoms with Gasteiger partial charge in [0.25, 0.3) is 5.91 Å². The molecule has 1 rings (SSSR count). The van der Waals surface area contributed by atoms with Gasteiger partial charge in [0.15, 0.2) is 5.82 Å². The van der Waals surface area contributed by atoms with Crippen molar-refractivity contribution < 1.29 is 9.18 Å². The third-order valence-corrected chi connectivity index (χ3v) is 3.27. The van der Waals surface area contributed by atoms with E-state index in [1.54, 1.807) is 6.07 Å². The number of carbonyl (C=O) groups is 1. The first-order chi connectivity index (χ1) is 5.54. The average Bonchev–Trinajstić information content (AvgIpc) is 2.00. The van der Waals surface area contributed by atoms with Crippen LogP contribution in [-0.4, -0.2) is 5.91 Å². The van der Waals surface area contributed by atoms with Gasteiger partial charge in [-0.2, -0.15) is 0 Å². The zero-order chi connectivity index (χ0) is 9.30. The molecular formula is C7H4Br2FNO. The molecule has 0 aliphatic carbocycles. The molecule has 0 unspecified atom stereocenters. The van der Waals surface area contributed by atoms with Crippen molar-refractivity contribution in [1.82, 2.24) is 0 Å². The van der Waals surface area contributed by atoms with Crippen molar-refractivity contribution in [2.75, 3.05) is 0 Å². The minimum absolute atomic E-state index is 0.120. The second kappa shape index (κ2) is 3.53. The van der Waals surface area contributed by atoms with Gasteiger partial charge in [0, 0.05) is 4.47 Å². The smallest absolute Gasteiger partial charge is 0.251 e. The maximum atomic E-state index is 13.1. The Balaban J connectivity index is 3.36. The van der Waals surface area contributed by atoms with E-state index in [2.05, 4.69) is 31.9 Å². The van der Waals surface area contributed by atoms with E-state index in [0.29, 0.717) is 4.47 Å². The molecule has 0 saturated carbocycles. The van der Waals surface area contributed by atoms with Crippen molar-refractivity contribution in [1.29, 1.82) is 0 Å². The van der Waals surface area contributed by atoms with Gasteiger partial charge < -0.3 is 5.73 Å². The Morgan fingerprint density at radius 2 is 2.00 bits per heavy atom. The monoisotopic (exact) mass is 295 g/mol. The van der Waals surface area contributed by atoms with Crippen LogP contribution < -0.4 is 5.73 Å². The number of carbonyl (C=O) groups excluding carboxylic acids is 1. The summed E-state index contributed by atoms with van der Waals surface area (Å²) in [6.07, 6.45) is 0. The van der Waals surface area contributed by atoms with E-state index in [-0.39, 0.29) is 10.0 Å². The number of rotatable bonds is 1. The normalized spacial score (nSPS) is 9.92. The fourth-order valence-corrected chi connectivity index (χ4v) is 1.37. The lowest BCUT2D eigenvalue weighted by Crippen LogP contribution is -2.13. The van der Waals surface area contributed by atoms with Gasteiger partial charge in [0.2, 0.25) is 0 Å². The first-order valence-electron chi connectivity index (χ1n) is 2.97. The molecule has 2 nitrogen and oxygen atoms in total. The van der Waals surface area contributed by atoms with Gasteiger partial charge in [0.05, 0.1) is 10.0 Å². The fourth-order valence-electron chi connectivity index (χ4n) is 0.716. The maximum Gasteiger partial charge on any atom is 0.251 e. The second-order valence-corrected chi connectivity index (χ2v) is 3.73. The highest BCUT2D eigenvalue weighted by atomic mass is 79.9. The summed E-state index contributed by atoms with van der Waals surface area (Å²) in [7, 11) is 0. The van der Waals surface area contributed by atoms with Gasteiger partial charge in [-0.05, 0) is 44.0 Å². The van der Waals surface area contributed by atoms with Crippen LogP contribution in [0.1, 0.15) is 10.4 Å². The number of benzene rings is 1. The molecule has 0 bridgehead atoms. The standard InChI is InChI=1S/C7H4Br2FNO/c8-4-2-1-3(7(11)12)6(10)5(4)9/h1-2H,(H2,11,12). The van der Waals surface area contributed by atoms with Crippen LogP contribution in [-0.2, 0) is 0 Å². The van der Waals surface area contributed by atoms with E-state index >= 15 is 0 Å². The van der Waals surface area contributed by atoms with Gasteiger partial charge in [-0.1, -0.05) is 0 Å². The minimum Gasteiger partial charge on any atom is -0.366 e. The molecule has 5 heteroatoms.